The van der Waals surface area contributed by atoms with E-state index in [1.807, 2.05) is 31.6 Å². The normalized spacial score (nSPS) is 11.9. The van der Waals surface area contributed by atoms with Crippen LogP contribution in [0.5, 0.6) is 0 Å². The highest BCUT2D eigenvalue weighted by atomic mass is 15.1. The maximum absolute atomic E-state index is 9.04. The van der Waals surface area contributed by atoms with E-state index < -0.39 is 0 Å². The molecule has 0 spiro atoms. The largest absolute Gasteiger partial charge is 0.372 e. The van der Waals surface area contributed by atoms with E-state index >= 15 is 0 Å². The summed E-state index contributed by atoms with van der Waals surface area (Å²) in [5.74, 6) is 0.850. The number of rotatable bonds is 5. The molecule has 0 amide bonds. The molecule has 5 nitrogen and oxygen atoms in total. The first-order valence-electron chi connectivity index (χ1n) is 8.55. The average Bonchev–Trinajstić information content (AvgIpc) is 2.59. The molecule has 5 heteroatoms. The van der Waals surface area contributed by atoms with Crippen molar-refractivity contribution >= 4 is 5.69 Å². The van der Waals surface area contributed by atoms with Gasteiger partial charge in [-0.05, 0) is 18.6 Å². The summed E-state index contributed by atoms with van der Waals surface area (Å²) in [6, 6.07) is 7.73. The van der Waals surface area contributed by atoms with Gasteiger partial charge in [-0.15, -0.1) is 0 Å². The highest BCUT2D eigenvalue weighted by Gasteiger charge is 2.23. The Kier molecular flexibility index (Phi) is 5.42. The van der Waals surface area contributed by atoms with Gasteiger partial charge in [0.25, 0.3) is 0 Å². The molecule has 0 N–H and O–H groups in total. The van der Waals surface area contributed by atoms with Crippen molar-refractivity contribution in [1.29, 1.82) is 5.26 Å². The third kappa shape index (κ3) is 4.76. The summed E-state index contributed by atoms with van der Waals surface area (Å²) < 4.78 is 0. The molecule has 0 fully saturated rings. The fourth-order valence-electron chi connectivity index (χ4n) is 2.48. The molecule has 0 atom stereocenters. The van der Waals surface area contributed by atoms with Gasteiger partial charge in [0.15, 0.2) is 0 Å². The zero-order valence-corrected chi connectivity index (χ0v) is 16.0. The molecule has 0 radical (unpaired) electrons. The predicted octanol–water partition coefficient (Wildman–Crippen LogP) is 3.84. The van der Waals surface area contributed by atoms with Crippen LogP contribution in [0.1, 0.15) is 58.3 Å². The van der Waals surface area contributed by atoms with Crippen LogP contribution in [0, 0.1) is 11.3 Å². The Bertz CT molecular complexity index is 751. The molecular formula is C20H27N5. The van der Waals surface area contributed by atoms with Crippen LogP contribution in [-0.4, -0.2) is 28.5 Å². The van der Waals surface area contributed by atoms with Gasteiger partial charge in [0.05, 0.1) is 18.1 Å². The van der Waals surface area contributed by atoms with Crippen molar-refractivity contribution < 1.29 is 0 Å². The molecule has 0 aliphatic heterocycles. The van der Waals surface area contributed by atoms with Crippen LogP contribution in [-0.2, 0) is 10.8 Å². The van der Waals surface area contributed by atoms with E-state index in [1.165, 1.54) is 0 Å². The van der Waals surface area contributed by atoms with Gasteiger partial charge >= 0.3 is 0 Å². The molecule has 0 aliphatic carbocycles. The molecule has 0 bridgehead atoms. The van der Waals surface area contributed by atoms with Gasteiger partial charge in [-0.2, -0.15) is 5.26 Å². The summed E-state index contributed by atoms with van der Waals surface area (Å²) in [4.78, 5) is 15.6. The molecular weight excluding hydrogens is 310 g/mol. The number of hydrogen-bond acceptors (Lipinski definition) is 5. The van der Waals surface area contributed by atoms with E-state index in [4.69, 9.17) is 5.26 Å². The fourth-order valence-corrected chi connectivity index (χ4v) is 2.48. The lowest BCUT2D eigenvalue weighted by Gasteiger charge is -2.28. The van der Waals surface area contributed by atoms with Crippen LogP contribution in [0.2, 0.25) is 0 Å². The minimum Gasteiger partial charge on any atom is -0.372 e. The molecule has 2 aromatic rings. The second kappa shape index (κ2) is 7.18. The van der Waals surface area contributed by atoms with Gasteiger partial charge in [-0.1, -0.05) is 40.7 Å². The first-order valence-corrected chi connectivity index (χ1v) is 8.55. The van der Waals surface area contributed by atoms with E-state index in [2.05, 4.69) is 60.5 Å². The van der Waals surface area contributed by atoms with E-state index in [-0.39, 0.29) is 10.8 Å². The molecule has 2 aromatic heterocycles. The summed E-state index contributed by atoms with van der Waals surface area (Å²) in [7, 11) is 2.05. The van der Waals surface area contributed by atoms with Crippen molar-refractivity contribution in [2.45, 2.75) is 51.9 Å². The van der Waals surface area contributed by atoms with E-state index in [9.17, 15) is 0 Å². The summed E-state index contributed by atoms with van der Waals surface area (Å²) >= 11 is 0. The van der Waals surface area contributed by atoms with E-state index in [0.29, 0.717) is 5.69 Å². The zero-order valence-electron chi connectivity index (χ0n) is 16.0. The standard InChI is InChI=1S/C20H27N5/c1-19(2,3)18-22-13-16(14-23-18)25(6)11-10-20(4,5)17-9-7-8-15(12-21)24-17/h7-9,13-14H,10-11H2,1-6H3. The number of anilines is 1. The van der Waals surface area contributed by atoms with Crippen molar-refractivity contribution in [3.05, 3.63) is 47.8 Å². The maximum atomic E-state index is 9.04. The van der Waals surface area contributed by atoms with Crippen LogP contribution < -0.4 is 4.90 Å². The summed E-state index contributed by atoms with van der Waals surface area (Å²) in [5.41, 5.74) is 2.25. The molecule has 0 aromatic carbocycles. The summed E-state index contributed by atoms with van der Waals surface area (Å²) in [5, 5.41) is 9.04. The SMILES string of the molecule is CN(CCC(C)(C)c1cccc(C#N)n1)c1cnc(C(C)(C)C)nc1. The number of hydrogen-bond donors (Lipinski definition) is 0. The fraction of sp³-hybridized carbons (Fsp3) is 0.500. The Balaban J connectivity index is 2.05. The van der Waals surface area contributed by atoms with Gasteiger partial charge < -0.3 is 4.90 Å². The van der Waals surface area contributed by atoms with Crippen LogP contribution in [0.15, 0.2) is 30.6 Å². The number of aromatic nitrogens is 3. The molecule has 0 saturated carbocycles. The first-order chi connectivity index (χ1) is 11.6. The number of nitriles is 1. The van der Waals surface area contributed by atoms with Crippen molar-refractivity contribution in [3.63, 3.8) is 0 Å². The van der Waals surface area contributed by atoms with Crippen LogP contribution in [0.4, 0.5) is 5.69 Å². The Morgan fingerprint density at radius 3 is 2.28 bits per heavy atom. The smallest absolute Gasteiger partial charge is 0.140 e. The Hall–Kier alpha value is -2.48. The van der Waals surface area contributed by atoms with E-state index in [1.54, 1.807) is 6.07 Å². The van der Waals surface area contributed by atoms with Crippen LogP contribution >= 0.6 is 0 Å². The summed E-state index contributed by atoms with van der Waals surface area (Å²) in [6.45, 7) is 11.5. The lowest BCUT2D eigenvalue weighted by atomic mass is 9.85. The maximum Gasteiger partial charge on any atom is 0.140 e. The van der Waals surface area contributed by atoms with Crippen molar-refractivity contribution in [3.8, 4) is 6.07 Å². The molecule has 2 rings (SSSR count). The second-order valence-electron chi connectivity index (χ2n) is 8.09. The molecule has 25 heavy (non-hydrogen) atoms. The van der Waals surface area contributed by atoms with E-state index in [0.717, 1.165) is 30.2 Å². The molecule has 0 saturated heterocycles. The third-order valence-corrected chi connectivity index (χ3v) is 4.38. The van der Waals surface area contributed by atoms with Gasteiger partial charge in [-0.3, -0.25) is 0 Å². The highest BCUT2D eigenvalue weighted by Crippen LogP contribution is 2.27. The Labute approximate surface area is 150 Å². The van der Waals surface area contributed by atoms with Gasteiger partial charge in [0.1, 0.15) is 17.6 Å². The topological polar surface area (TPSA) is 65.7 Å². The minimum absolute atomic E-state index is 0.0451. The molecule has 132 valence electrons. The van der Waals surface area contributed by atoms with Crippen molar-refractivity contribution in [2.75, 3.05) is 18.5 Å². The predicted molar refractivity (Wildman–Crippen MR) is 101 cm³/mol. The number of nitrogens with zero attached hydrogens (tertiary/aromatic N) is 5. The van der Waals surface area contributed by atoms with Crippen molar-refractivity contribution in [1.82, 2.24) is 15.0 Å². The van der Waals surface area contributed by atoms with Gasteiger partial charge in [-0.25, -0.2) is 15.0 Å². The zero-order chi connectivity index (χ0) is 18.7. The first kappa shape index (κ1) is 18.9. The Morgan fingerprint density at radius 1 is 1.08 bits per heavy atom. The average molecular weight is 337 g/mol. The van der Waals surface area contributed by atoms with Gasteiger partial charge in [0, 0.05) is 30.1 Å². The minimum atomic E-state index is -0.118. The molecule has 0 unspecified atom stereocenters. The monoisotopic (exact) mass is 337 g/mol. The Morgan fingerprint density at radius 2 is 1.72 bits per heavy atom. The lowest BCUT2D eigenvalue weighted by Crippen LogP contribution is -2.28. The molecule has 0 aliphatic rings. The van der Waals surface area contributed by atoms with Crippen LogP contribution in [0.3, 0.4) is 0 Å². The lowest BCUT2D eigenvalue weighted by molar-refractivity contribution is 0.467. The number of pyridine rings is 1. The quantitative estimate of drug-likeness (QED) is 0.829. The highest BCUT2D eigenvalue weighted by molar-refractivity contribution is 5.41. The molecule has 2 heterocycles. The second-order valence-corrected chi connectivity index (χ2v) is 8.09. The van der Waals surface area contributed by atoms with Crippen molar-refractivity contribution in [2.24, 2.45) is 0 Å². The van der Waals surface area contributed by atoms with Gasteiger partial charge in [0.2, 0.25) is 0 Å². The summed E-state index contributed by atoms with van der Waals surface area (Å²) in [6.07, 6.45) is 4.68. The third-order valence-electron chi connectivity index (χ3n) is 4.38. The van der Waals surface area contributed by atoms with Crippen LogP contribution in [0.25, 0.3) is 0 Å².